The van der Waals surface area contributed by atoms with Crippen molar-refractivity contribution in [1.82, 2.24) is 15.6 Å². The number of Topliss-reactive ketones (excluding diaryl/α,β-unsaturated/α-hetero) is 3. The first kappa shape index (κ1) is 69.5. The van der Waals surface area contributed by atoms with Crippen molar-refractivity contribution < 1.29 is 62.4 Å². The first-order chi connectivity index (χ1) is 40.8. The maximum atomic E-state index is 14.5. The van der Waals surface area contributed by atoms with Crippen LogP contribution in [0.5, 0.6) is 0 Å². The Morgan fingerprint density at radius 1 is 0.988 bits per heavy atom. The molecule has 2 aromatic carbocycles. The lowest BCUT2D eigenvalue weighted by Crippen LogP contribution is -2.53. The van der Waals surface area contributed by atoms with Crippen molar-refractivity contribution in [2.75, 3.05) is 41.6 Å². The number of carbonyl (C=O) groups excluding carboxylic acids is 8. The number of carbonyl (C=O) groups is 8. The number of nitrogens with two attached hydrogens (primary N) is 1. The van der Waals surface area contributed by atoms with E-state index in [0.717, 1.165) is 42.4 Å². The summed E-state index contributed by atoms with van der Waals surface area (Å²) in [5, 5.41) is 22.4. The number of nitrogens with one attached hydrogen (secondary N) is 3. The van der Waals surface area contributed by atoms with E-state index in [2.05, 4.69) is 52.8 Å². The molecule has 2 saturated heterocycles. The summed E-state index contributed by atoms with van der Waals surface area (Å²) in [5.41, 5.74) is 6.56. The molecule has 1 aromatic heterocycles. The fourth-order valence-electron chi connectivity index (χ4n) is 11.6. The van der Waals surface area contributed by atoms with Gasteiger partial charge in [-0.3, -0.25) is 39.1 Å². The topological polar surface area (TPSA) is 275 Å². The number of aromatic nitrogens is 1. The number of epoxide rings is 1. The summed E-state index contributed by atoms with van der Waals surface area (Å²) < 4.78 is 24.3. The maximum Gasteiger partial charge on any atom is 0.412 e. The van der Waals surface area contributed by atoms with Gasteiger partial charge in [-0.05, 0) is 99.7 Å². The van der Waals surface area contributed by atoms with Gasteiger partial charge < -0.3 is 45.3 Å². The van der Waals surface area contributed by atoms with Gasteiger partial charge in [-0.1, -0.05) is 119 Å². The summed E-state index contributed by atoms with van der Waals surface area (Å²) in [5.74, 6) is -3.21. The molecule has 86 heavy (non-hydrogen) atoms. The molecule has 470 valence electrons. The van der Waals surface area contributed by atoms with Crippen LogP contribution in [0.25, 0.3) is 10.9 Å². The Hall–Kier alpha value is -5.58. The minimum Gasteiger partial charge on any atom is -0.462 e. The number of esters is 1. The van der Waals surface area contributed by atoms with E-state index in [-0.39, 0.29) is 79.9 Å². The van der Waals surface area contributed by atoms with E-state index in [1.165, 1.54) is 12.0 Å². The van der Waals surface area contributed by atoms with Crippen LogP contribution in [0.3, 0.4) is 0 Å². The predicted molar refractivity (Wildman–Crippen MR) is 338 cm³/mol. The second kappa shape index (κ2) is 32.1. The molecule has 6 N–H and O–H groups in total. The highest BCUT2D eigenvalue weighted by atomic mass is 79.9. The number of anilines is 2. The third kappa shape index (κ3) is 18.7. The highest BCUT2D eigenvalue weighted by Gasteiger charge is 2.64. The fourth-order valence-corrected chi connectivity index (χ4v) is 13.6. The van der Waals surface area contributed by atoms with Gasteiger partial charge >= 0.3 is 18.1 Å². The Morgan fingerprint density at radius 2 is 1.70 bits per heavy atom. The molecular formula is C64H85Br2ClN6O13. The van der Waals surface area contributed by atoms with Crippen molar-refractivity contribution in [2.45, 2.75) is 180 Å². The maximum absolute atomic E-state index is 14.5. The molecular weight excluding hydrogens is 1260 g/mol. The van der Waals surface area contributed by atoms with Crippen LogP contribution in [-0.4, -0.2) is 130 Å². The Morgan fingerprint density at radius 3 is 2.38 bits per heavy atom. The molecule has 0 unspecified atom stereocenters. The zero-order chi connectivity index (χ0) is 63.0. The number of fused-ring (bicyclic) bond motifs is 6. The number of methoxy groups -OCH3 is 1. The van der Waals surface area contributed by atoms with Crippen molar-refractivity contribution >= 4 is 113 Å². The van der Waals surface area contributed by atoms with Crippen molar-refractivity contribution in [1.29, 1.82) is 0 Å². The average Bonchev–Trinajstić information content (AvgIpc) is 1.72. The number of aryl methyl sites for hydroxylation is 1. The zero-order valence-corrected chi connectivity index (χ0v) is 54.6. The molecule has 0 saturated carbocycles. The first-order valence-corrected chi connectivity index (χ1v) is 32.3. The van der Waals surface area contributed by atoms with Gasteiger partial charge in [0.25, 0.3) is 0 Å². The Kier molecular flexibility index (Phi) is 25.9. The number of aliphatic hydroxyl groups is 1. The largest absolute Gasteiger partial charge is 0.462 e. The number of amides is 5. The Balaban J connectivity index is 1.19. The Labute approximate surface area is 526 Å². The number of primary amides is 1. The van der Waals surface area contributed by atoms with Crippen LogP contribution in [0.15, 0.2) is 66.4 Å². The van der Waals surface area contributed by atoms with Crippen LogP contribution in [0.2, 0.25) is 5.02 Å². The summed E-state index contributed by atoms with van der Waals surface area (Å²) in [6.07, 6.45) is 7.35. The van der Waals surface area contributed by atoms with Gasteiger partial charge in [0.2, 0.25) is 11.8 Å². The summed E-state index contributed by atoms with van der Waals surface area (Å²) >= 11 is 13.7. The molecule has 3 aliphatic rings. The SMILES string of the molecule is CO[C@@H]1/C=C/C=C(\C)Cc2cc(C)c(Cl)c(c2)N(C)C(=O)C[C@H](OC(=O)Nc2ccc(CC(=O)[C@H](CCCNC(N)=O)NC(=O)[C@@H](CC(=O)CCCCCCCC(=O)C(CBr)CBr)C(C)C)c3ncccc23)[C@]2(C)O[C@H]2[C@H](C)[C@@H]2C[C@@]1(O)CC(=O)O2. The van der Waals surface area contributed by atoms with Gasteiger partial charge in [-0.15, -0.1) is 0 Å². The highest BCUT2D eigenvalue weighted by Crippen LogP contribution is 2.50. The third-order valence-electron chi connectivity index (χ3n) is 16.9. The van der Waals surface area contributed by atoms with E-state index in [4.69, 9.17) is 36.3 Å². The van der Waals surface area contributed by atoms with E-state index in [0.29, 0.717) is 69.9 Å². The first-order valence-electron chi connectivity index (χ1n) is 29.7. The fraction of sp³-hybridized carbons (Fsp3) is 0.578. The number of halogens is 3. The van der Waals surface area contributed by atoms with Crippen LogP contribution in [0.4, 0.5) is 21.0 Å². The molecule has 0 radical (unpaired) electrons. The smallest absolute Gasteiger partial charge is 0.412 e. The molecule has 2 fully saturated rings. The average molecular weight is 1340 g/mol. The van der Waals surface area contributed by atoms with Gasteiger partial charge in [0, 0.05) is 92.8 Å². The van der Waals surface area contributed by atoms with E-state index in [1.807, 2.05) is 52.8 Å². The van der Waals surface area contributed by atoms with E-state index in [9.17, 15) is 43.5 Å². The van der Waals surface area contributed by atoms with E-state index < -0.39 is 83.4 Å². The van der Waals surface area contributed by atoms with Crippen LogP contribution in [-0.2, 0) is 60.6 Å². The van der Waals surface area contributed by atoms with Crippen LogP contribution in [0, 0.1) is 30.6 Å². The number of hydrogen-bond acceptors (Lipinski definition) is 14. The molecule has 0 spiro atoms. The number of alkyl halides is 2. The molecule has 19 nitrogen and oxygen atoms in total. The summed E-state index contributed by atoms with van der Waals surface area (Å²) in [6, 6.07) is 8.67. The number of hydrogen-bond donors (Lipinski definition) is 5. The minimum atomic E-state index is -1.63. The van der Waals surface area contributed by atoms with Crippen molar-refractivity contribution in [3.8, 4) is 0 Å². The summed E-state index contributed by atoms with van der Waals surface area (Å²) in [4.78, 5) is 114. The molecule has 9 atom stereocenters. The summed E-state index contributed by atoms with van der Waals surface area (Å²) in [7, 11) is 3.06. The summed E-state index contributed by atoms with van der Waals surface area (Å²) in [6.45, 7) is 11.2. The number of benzene rings is 2. The molecule has 22 heteroatoms. The molecule has 4 bridgehead atoms. The lowest BCUT2D eigenvalue weighted by molar-refractivity contribution is -0.187. The van der Waals surface area contributed by atoms with Crippen LogP contribution >= 0.6 is 43.5 Å². The second-order valence-electron chi connectivity index (χ2n) is 23.9. The number of unbranched alkanes of at least 4 members (excludes halogenated alkanes) is 4. The highest BCUT2D eigenvalue weighted by molar-refractivity contribution is 9.09. The van der Waals surface area contributed by atoms with Gasteiger partial charge in [-0.25, -0.2) is 9.59 Å². The standard InChI is InChI=1S/C64H85Br2ClN6O13/c1-37(2)46(31-44(74)18-12-10-9-11-13-21-50(75)43(35-65)36-66)60(79)71-48(20-16-26-70-61(68)80)51(76)30-42-23-24-47(45-19-15-25-69-58(42)45)72-62(81)85-54-32-55(77)73(7)49-29-41(28-39(4)57(49)67)27-38(3)17-14-22-53(83-8)64(82)33-52(84-56(78)34-64)40(5)59-63(54,6)86-59/h14-15,17,19,22-25,28-29,37,40,43,46,48,52-54,59,82H,9-13,16,18,20-21,26-27,30-36H2,1-8H3,(H,71,79)(H,72,81)(H3,68,70,80)/b22-14+,38-17+/t40-,46+,48+,52+,53-,54+,59+,63+,64-/m1/s1. The number of ether oxygens (including phenoxy) is 4. The lowest BCUT2D eigenvalue weighted by Gasteiger charge is -2.41. The van der Waals surface area contributed by atoms with Crippen molar-refractivity contribution in [3.05, 3.63) is 88.1 Å². The van der Waals surface area contributed by atoms with Crippen LogP contribution in [0.1, 0.15) is 135 Å². The normalized spacial score (nSPS) is 24.2. The number of ketones is 3. The number of allylic oxidation sites excluding steroid dienone is 3. The van der Waals surface area contributed by atoms with Crippen molar-refractivity contribution in [3.63, 3.8) is 0 Å². The number of urea groups is 1. The molecule has 5 amide bonds. The Bertz CT molecular complexity index is 3010. The molecule has 3 aromatic rings. The number of pyridine rings is 1. The zero-order valence-electron chi connectivity index (χ0n) is 50.6. The second-order valence-corrected chi connectivity index (χ2v) is 25.6. The van der Waals surface area contributed by atoms with Crippen molar-refractivity contribution in [2.24, 2.45) is 29.4 Å². The predicted octanol–water partition coefficient (Wildman–Crippen LogP) is 10.5. The van der Waals surface area contributed by atoms with Gasteiger partial charge in [0.15, 0.2) is 5.78 Å². The lowest BCUT2D eigenvalue weighted by atomic mass is 9.78. The molecule has 0 aliphatic carbocycles. The van der Waals surface area contributed by atoms with Gasteiger partial charge in [0.05, 0.1) is 46.9 Å². The quantitative estimate of drug-likeness (QED) is 0.0216. The minimum absolute atomic E-state index is 0.00570. The van der Waals surface area contributed by atoms with Crippen LogP contribution < -0.4 is 26.6 Å². The van der Waals surface area contributed by atoms with Gasteiger partial charge in [-0.2, -0.15) is 0 Å². The molecule has 3 aliphatic heterocycles. The number of rotatable bonds is 26. The monoisotopic (exact) mass is 1340 g/mol. The van der Waals surface area contributed by atoms with E-state index in [1.54, 1.807) is 56.6 Å². The molecule has 4 heterocycles. The molecule has 6 rings (SSSR count). The third-order valence-corrected chi connectivity index (χ3v) is 18.9. The van der Waals surface area contributed by atoms with E-state index >= 15 is 0 Å². The number of nitrogens with zero attached hydrogens (tertiary/aromatic N) is 2. The van der Waals surface area contributed by atoms with Gasteiger partial charge in [0.1, 0.15) is 41.1 Å².